The maximum absolute atomic E-state index is 11.9. The monoisotopic (exact) mass is 205 g/mol. The highest BCUT2D eigenvalue weighted by atomic mass is 16.3. The lowest BCUT2D eigenvalue weighted by molar-refractivity contribution is -0.124. The molecule has 0 saturated heterocycles. The summed E-state index contributed by atoms with van der Waals surface area (Å²) >= 11 is 0. The number of nitrogens with zero attached hydrogens (tertiary/aromatic N) is 1. The van der Waals surface area contributed by atoms with E-state index in [4.69, 9.17) is 5.11 Å². The number of amides is 1. The van der Waals surface area contributed by atoms with Crippen LogP contribution in [0, 0.1) is 5.92 Å². The highest BCUT2D eigenvalue weighted by Crippen LogP contribution is 2.29. The SMILES string of the molecule is CN(C(=O)C1CCC1)c1ccc(O)cc1. The van der Waals surface area contributed by atoms with E-state index in [0.29, 0.717) is 0 Å². The van der Waals surface area contributed by atoms with Crippen molar-refractivity contribution in [2.24, 2.45) is 5.92 Å². The molecule has 0 spiro atoms. The van der Waals surface area contributed by atoms with E-state index < -0.39 is 0 Å². The summed E-state index contributed by atoms with van der Waals surface area (Å²) in [5, 5.41) is 9.14. The molecule has 1 N–H and O–H groups in total. The molecule has 0 heterocycles. The first-order valence-corrected chi connectivity index (χ1v) is 5.25. The molecule has 1 aromatic carbocycles. The van der Waals surface area contributed by atoms with E-state index in [9.17, 15) is 4.79 Å². The first kappa shape index (κ1) is 10.0. The van der Waals surface area contributed by atoms with Gasteiger partial charge < -0.3 is 10.0 Å². The van der Waals surface area contributed by atoms with Crippen LogP contribution in [0.25, 0.3) is 0 Å². The Balaban J connectivity index is 2.09. The van der Waals surface area contributed by atoms with E-state index in [-0.39, 0.29) is 17.6 Å². The number of hydrogen-bond donors (Lipinski definition) is 1. The van der Waals surface area contributed by atoms with Crippen LogP contribution in [-0.4, -0.2) is 18.1 Å². The van der Waals surface area contributed by atoms with Crippen LogP contribution in [-0.2, 0) is 4.79 Å². The van der Waals surface area contributed by atoms with Crippen molar-refractivity contribution < 1.29 is 9.90 Å². The fourth-order valence-electron chi connectivity index (χ4n) is 1.73. The minimum absolute atomic E-state index is 0.187. The number of rotatable bonds is 2. The molecule has 80 valence electrons. The average molecular weight is 205 g/mol. The topological polar surface area (TPSA) is 40.5 Å². The Bertz CT molecular complexity index is 354. The molecular formula is C12H15NO2. The number of carbonyl (C=O) groups is 1. The van der Waals surface area contributed by atoms with Gasteiger partial charge in [-0.15, -0.1) is 0 Å². The van der Waals surface area contributed by atoms with Crippen molar-refractivity contribution in [3.63, 3.8) is 0 Å². The average Bonchev–Trinajstić information content (AvgIpc) is 2.15. The van der Waals surface area contributed by atoms with Gasteiger partial charge in [0.1, 0.15) is 5.75 Å². The number of anilines is 1. The fraction of sp³-hybridized carbons (Fsp3) is 0.417. The zero-order valence-electron chi connectivity index (χ0n) is 8.81. The Labute approximate surface area is 89.3 Å². The third-order valence-corrected chi connectivity index (χ3v) is 3.02. The van der Waals surface area contributed by atoms with Crippen LogP contribution >= 0.6 is 0 Å². The maximum Gasteiger partial charge on any atom is 0.229 e. The minimum atomic E-state index is 0.187. The third-order valence-electron chi connectivity index (χ3n) is 3.02. The Morgan fingerprint density at radius 1 is 1.33 bits per heavy atom. The van der Waals surface area contributed by atoms with Gasteiger partial charge in [0.2, 0.25) is 5.91 Å². The van der Waals surface area contributed by atoms with Crippen molar-refractivity contribution >= 4 is 11.6 Å². The number of aromatic hydroxyl groups is 1. The molecule has 1 saturated carbocycles. The van der Waals surface area contributed by atoms with Gasteiger partial charge in [0.25, 0.3) is 0 Å². The van der Waals surface area contributed by atoms with Gasteiger partial charge in [0.05, 0.1) is 0 Å². The van der Waals surface area contributed by atoms with E-state index in [1.54, 1.807) is 36.2 Å². The first-order chi connectivity index (χ1) is 7.18. The van der Waals surface area contributed by atoms with E-state index >= 15 is 0 Å². The summed E-state index contributed by atoms with van der Waals surface area (Å²) in [6.45, 7) is 0. The molecule has 15 heavy (non-hydrogen) atoms. The number of phenols is 1. The standard InChI is InChI=1S/C12H15NO2/c1-13(12(15)9-3-2-4-9)10-5-7-11(14)8-6-10/h5-9,14H,2-4H2,1H3. The molecule has 0 aliphatic heterocycles. The van der Waals surface area contributed by atoms with Crippen molar-refractivity contribution in [1.29, 1.82) is 0 Å². The quantitative estimate of drug-likeness (QED) is 0.803. The number of benzene rings is 1. The Hall–Kier alpha value is -1.51. The van der Waals surface area contributed by atoms with Gasteiger partial charge in [0.15, 0.2) is 0 Å². The van der Waals surface area contributed by atoms with Crippen molar-refractivity contribution in [2.75, 3.05) is 11.9 Å². The third kappa shape index (κ3) is 1.96. The molecule has 1 aliphatic carbocycles. The van der Waals surface area contributed by atoms with E-state index in [0.717, 1.165) is 18.5 Å². The smallest absolute Gasteiger partial charge is 0.229 e. The second-order valence-corrected chi connectivity index (χ2v) is 4.04. The van der Waals surface area contributed by atoms with Gasteiger partial charge in [0, 0.05) is 18.7 Å². The molecule has 2 rings (SSSR count). The minimum Gasteiger partial charge on any atom is -0.508 e. The molecule has 0 bridgehead atoms. The normalized spacial score (nSPS) is 15.8. The molecule has 3 heteroatoms. The van der Waals surface area contributed by atoms with Crippen LogP contribution in [0.3, 0.4) is 0 Å². The van der Waals surface area contributed by atoms with Gasteiger partial charge >= 0.3 is 0 Å². The molecule has 3 nitrogen and oxygen atoms in total. The lowest BCUT2D eigenvalue weighted by Gasteiger charge is -2.29. The summed E-state index contributed by atoms with van der Waals surface area (Å²) in [5.74, 6) is 0.624. The molecule has 0 radical (unpaired) electrons. The largest absolute Gasteiger partial charge is 0.508 e. The molecule has 0 atom stereocenters. The Kier molecular flexibility index (Phi) is 2.62. The molecule has 1 aliphatic rings. The molecule has 1 amide bonds. The van der Waals surface area contributed by atoms with E-state index in [1.165, 1.54) is 6.42 Å². The van der Waals surface area contributed by atoms with Crippen molar-refractivity contribution in [3.8, 4) is 5.75 Å². The van der Waals surface area contributed by atoms with Crippen LogP contribution < -0.4 is 4.90 Å². The highest BCUT2D eigenvalue weighted by molar-refractivity contribution is 5.94. The Morgan fingerprint density at radius 2 is 1.93 bits per heavy atom. The lowest BCUT2D eigenvalue weighted by atomic mass is 9.84. The zero-order valence-corrected chi connectivity index (χ0v) is 8.81. The van der Waals surface area contributed by atoms with E-state index in [1.807, 2.05) is 0 Å². The zero-order chi connectivity index (χ0) is 10.8. The summed E-state index contributed by atoms with van der Waals surface area (Å²) < 4.78 is 0. The second-order valence-electron chi connectivity index (χ2n) is 4.04. The van der Waals surface area contributed by atoms with Crippen LogP contribution in [0.5, 0.6) is 5.75 Å². The molecule has 1 fully saturated rings. The van der Waals surface area contributed by atoms with Crippen LogP contribution in [0.2, 0.25) is 0 Å². The van der Waals surface area contributed by atoms with Crippen molar-refractivity contribution in [1.82, 2.24) is 0 Å². The molecule has 0 unspecified atom stereocenters. The van der Waals surface area contributed by atoms with Gasteiger partial charge in [-0.05, 0) is 37.1 Å². The summed E-state index contributed by atoms with van der Waals surface area (Å²) in [6.07, 6.45) is 3.20. The van der Waals surface area contributed by atoms with Gasteiger partial charge in [-0.3, -0.25) is 4.79 Å². The lowest BCUT2D eigenvalue weighted by Crippen LogP contribution is -2.36. The summed E-state index contributed by atoms with van der Waals surface area (Å²) in [4.78, 5) is 13.5. The number of phenolic OH excluding ortho intramolecular Hbond substituents is 1. The van der Waals surface area contributed by atoms with E-state index in [2.05, 4.69) is 0 Å². The van der Waals surface area contributed by atoms with Crippen molar-refractivity contribution in [3.05, 3.63) is 24.3 Å². The second kappa shape index (κ2) is 3.93. The highest BCUT2D eigenvalue weighted by Gasteiger charge is 2.28. The first-order valence-electron chi connectivity index (χ1n) is 5.25. The summed E-state index contributed by atoms with van der Waals surface area (Å²) in [6, 6.07) is 6.71. The van der Waals surface area contributed by atoms with Gasteiger partial charge in [-0.1, -0.05) is 6.42 Å². The summed E-state index contributed by atoms with van der Waals surface area (Å²) in [5.41, 5.74) is 0.838. The molecule has 1 aromatic rings. The summed E-state index contributed by atoms with van der Waals surface area (Å²) in [7, 11) is 1.78. The maximum atomic E-state index is 11.9. The number of hydrogen-bond acceptors (Lipinski definition) is 2. The van der Waals surface area contributed by atoms with Crippen LogP contribution in [0.4, 0.5) is 5.69 Å². The molecular weight excluding hydrogens is 190 g/mol. The van der Waals surface area contributed by atoms with Crippen LogP contribution in [0.1, 0.15) is 19.3 Å². The van der Waals surface area contributed by atoms with Gasteiger partial charge in [-0.2, -0.15) is 0 Å². The Morgan fingerprint density at radius 3 is 2.40 bits per heavy atom. The predicted octanol–water partition coefficient (Wildman–Crippen LogP) is 2.16. The van der Waals surface area contributed by atoms with Crippen LogP contribution in [0.15, 0.2) is 24.3 Å². The van der Waals surface area contributed by atoms with Gasteiger partial charge in [-0.25, -0.2) is 0 Å². The predicted molar refractivity (Wildman–Crippen MR) is 58.9 cm³/mol. The molecule has 0 aromatic heterocycles. The number of carbonyl (C=O) groups excluding carboxylic acids is 1. The van der Waals surface area contributed by atoms with Crippen molar-refractivity contribution in [2.45, 2.75) is 19.3 Å². The fourth-order valence-corrected chi connectivity index (χ4v) is 1.73.